The molecule has 160 valence electrons. The van der Waals surface area contributed by atoms with E-state index in [1.54, 1.807) is 24.4 Å². The van der Waals surface area contributed by atoms with Crippen molar-refractivity contribution in [2.24, 2.45) is 7.05 Å². The van der Waals surface area contributed by atoms with Gasteiger partial charge in [-0.05, 0) is 30.3 Å². The van der Waals surface area contributed by atoms with Crippen molar-refractivity contribution < 1.29 is 13.2 Å². The van der Waals surface area contributed by atoms with E-state index in [9.17, 15) is 13.2 Å². The summed E-state index contributed by atoms with van der Waals surface area (Å²) >= 11 is 0. The first kappa shape index (κ1) is 21.0. The summed E-state index contributed by atoms with van der Waals surface area (Å²) in [5.41, 5.74) is 2.81. The van der Waals surface area contributed by atoms with E-state index < -0.39 is 10.0 Å². The predicted molar refractivity (Wildman–Crippen MR) is 120 cm³/mol. The number of rotatable bonds is 6. The molecule has 2 heterocycles. The number of nitrogens with one attached hydrogen (secondary N) is 1. The molecule has 9 heteroatoms. The number of pyridine rings is 1. The van der Waals surface area contributed by atoms with Gasteiger partial charge < -0.3 is 9.88 Å². The lowest BCUT2D eigenvalue weighted by atomic mass is 10.2. The largest absolute Gasteiger partial charge is 0.331 e. The highest BCUT2D eigenvalue weighted by atomic mass is 32.2. The first-order valence-electron chi connectivity index (χ1n) is 9.79. The number of hydrogen-bond donors (Lipinski definition) is 1. The SMILES string of the molecule is CN(C)S(=O)(=O)c1ccc2c(c1)nc(CCC(=O)Nc1cccc3cccnc13)n2C. The third-order valence-corrected chi connectivity index (χ3v) is 7.02. The molecule has 0 unspecified atom stereocenters. The summed E-state index contributed by atoms with van der Waals surface area (Å²) in [7, 11) is 1.31. The van der Waals surface area contributed by atoms with Crippen LogP contribution in [-0.4, -0.2) is 47.3 Å². The van der Waals surface area contributed by atoms with Crippen LogP contribution in [0.25, 0.3) is 21.9 Å². The van der Waals surface area contributed by atoms with Crippen LogP contribution < -0.4 is 5.32 Å². The van der Waals surface area contributed by atoms with E-state index in [4.69, 9.17) is 0 Å². The summed E-state index contributed by atoms with van der Waals surface area (Å²) in [5.74, 6) is 0.571. The second-order valence-corrected chi connectivity index (χ2v) is 9.61. The molecule has 0 spiro atoms. The fourth-order valence-corrected chi connectivity index (χ4v) is 4.39. The maximum Gasteiger partial charge on any atom is 0.242 e. The smallest absolute Gasteiger partial charge is 0.242 e. The van der Waals surface area contributed by atoms with Crippen LogP contribution in [-0.2, 0) is 28.3 Å². The van der Waals surface area contributed by atoms with Crippen LogP contribution in [0.5, 0.6) is 0 Å². The molecule has 0 fully saturated rings. The molecule has 8 nitrogen and oxygen atoms in total. The number of imidazole rings is 1. The third kappa shape index (κ3) is 4.01. The fraction of sp³-hybridized carbons (Fsp3) is 0.227. The van der Waals surface area contributed by atoms with Gasteiger partial charge in [-0.15, -0.1) is 0 Å². The lowest BCUT2D eigenvalue weighted by Crippen LogP contribution is -2.22. The van der Waals surface area contributed by atoms with Gasteiger partial charge in [0.05, 0.1) is 27.1 Å². The van der Waals surface area contributed by atoms with Gasteiger partial charge >= 0.3 is 0 Å². The highest BCUT2D eigenvalue weighted by Crippen LogP contribution is 2.23. The van der Waals surface area contributed by atoms with Gasteiger partial charge in [-0.1, -0.05) is 18.2 Å². The topological polar surface area (TPSA) is 97.2 Å². The number of para-hydroxylation sites is 1. The molecular formula is C22H23N5O3S. The molecule has 1 amide bonds. The van der Waals surface area contributed by atoms with E-state index in [1.807, 2.05) is 41.9 Å². The average Bonchev–Trinajstić information content (AvgIpc) is 3.07. The van der Waals surface area contributed by atoms with Gasteiger partial charge in [0.15, 0.2) is 0 Å². The van der Waals surface area contributed by atoms with Crippen LogP contribution in [0.4, 0.5) is 5.69 Å². The molecule has 0 bridgehead atoms. The maximum atomic E-state index is 12.6. The number of fused-ring (bicyclic) bond motifs is 2. The van der Waals surface area contributed by atoms with Crippen molar-refractivity contribution in [2.75, 3.05) is 19.4 Å². The van der Waals surface area contributed by atoms with Crippen LogP contribution in [0.15, 0.2) is 59.6 Å². The van der Waals surface area contributed by atoms with E-state index >= 15 is 0 Å². The average molecular weight is 438 g/mol. The van der Waals surface area contributed by atoms with Gasteiger partial charge in [0, 0.05) is 45.6 Å². The van der Waals surface area contributed by atoms with Gasteiger partial charge in [0.2, 0.25) is 15.9 Å². The van der Waals surface area contributed by atoms with Gasteiger partial charge in [-0.2, -0.15) is 0 Å². The zero-order valence-electron chi connectivity index (χ0n) is 17.5. The van der Waals surface area contributed by atoms with Crippen molar-refractivity contribution in [1.82, 2.24) is 18.8 Å². The minimum Gasteiger partial charge on any atom is -0.331 e. The Kier molecular flexibility index (Phi) is 5.47. The number of carbonyl (C=O) groups excluding carboxylic acids is 1. The molecule has 0 aliphatic heterocycles. The third-order valence-electron chi connectivity index (χ3n) is 5.21. The molecule has 0 aliphatic rings. The van der Waals surface area contributed by atoms with E-state index in [2.05, 4.69) is 15.3 Å². The molecule has 4 aromatic rings. The van der Waals surface area contributed by atoms with Crippen LogP contribution in [0, 0.1) is 0 Å². The fourth-order valence-electron chi connectivity index (χ4n) is 3.47. The zero-order valence-corrected chi connectivity index (χ0v) is 18.3. The molecule has 0 radical (unpaired) electrons. The Hall–Kier alpha value is -3.30. The van der Waals surface area contributed by atoms with Gasteiger partial charge in [0.25, 0.3) is 0 Å². The minimum absolute atomic E-state index is 0.138. The first-order valence-corrected chi connectivity index (χ1v) is 11.2. The Morgan fingerprint density at radius 3 is 2.68 bits per heavy atom. The van der Waals surface area contributed by atoms with Crippen LogP contribution in [0.1, 0.15) is 12.2 Å². The summed E-state index contributed by atoms with van der Waals surface area (Å²) in [4.78, 5) is 21.7. The second kappa shape index (κ2) is 8.09. The summed E-state index contributed by atoms with van der Waals surface area (Å²) in [6.07, 6.45) is 2.36. The van der Waals surface area contributed by atoms with E-state index in [1.165, 1.54) is 18.4 Å². The monoisotopic (exact) mass is 437 g/mol. The number of anilines is 1. The summed E-state index contributed by atoms with van der Waals surface area (Å²) in [5, 5.41) is 3.88. The van der Waals surface area contributed by atoms with Crippen LogP contribution in [0.2, 0.25) is 0 Å². The minimum atomic E-state index is -3.54. The van der Waals surface area contributed by atoms with Crippen LogP contribution >= 0.6 is 0 Å². The zero-order chi connectivity index (χ0) is 22.2. The number of aromatic nitrogens is 3. The maximum absolute atomic E-state index is 12.6. The second-order valence-electron chi connectivity index (χ2n) is 7.45. The van der Waals surface area contributed by atoms with Crippen LogP contribution in [0.3, 0.4) is 0 Å². The standard InChI is InChI=1S/C22H23N5O3S/c1-26(2)31(29,30)16-9-10-19-18(14-16)24-20(27(19)3)11-12-21(28)25-17-8-4-6-15-7-5-13-23-22(15)17/h4-10,13-14H,11-12H2,1-3H3,(H,25,28). The summed E-state index contributed by atoms with van der Waals surface area (Å²) < 4.78 is 27.8. The lowest BCUT2D eigenvalue weighted by molar-refractivity contribution is -0.116. The number of aryl methyl sites for hydroxylation is 2. The normalized spacial score (nSPS) is 12.0. The quantitative estimate of drug-likeness (QED) is 0.500. The number of nitrogens with zero attached hydrogens (tertiary/aromatic N) is 4. The lowest BCUT2D eigenvalue weighted by Gasteiger charge is -2.10. The van der Waals surface area contributed by atoms with Gasteiger partial charge in [0.1, 0.15) is 5.82 Å². The van der Waals surface area contributed by atoms with Crippen molar-refractivity contribution in [2.45, 2.75) is 17.7 Å². The molecule has 0 aliphatic carbocycles. The molecule has 2 aromatic heterocycles. The summed E-state index contributed by atoms with van der Waals surface area (Å²) in [6.45, 7) is 0. The summed E-state index contributed by atoms with van der Waals surface area (Å²) in [6, 6.07) is 14.3. The number of sulfonamides is 1. The molecule has 0 saturated carbocycles. The number of amides is 1. The van der Waals surface area contributed by atoms with Crippen molar-refractivity contribution in [3.63, 3.8) is 0 Å². The molecule has 31 heavy (non-hydrogen) atoms. The number of carbonyl (C=O) groups is 1. The highest BCUT2D eigenvalue weighted by molar-refractivity contribution is 7.89. The van der Waals surface area contributed by atoms with Crippen molar-refractivity contribution in [3.05, 3.63) is 60.6 Å². The molecule has 0 saturated heterocycles. The number of hydrogen-bond acceptors (Lipinski definition) is 5. The Morgan fingerprint density at radius 1 is 1.13 bits per heavy atom. The molecule has 0 atom stereocenters. The number of benzene rings is 2. The van der Waals surface area contributed by atoms with E-state index in [0.717, 1.165) is 16.4 Å². The highest BCUT2D eigenvalue weighted by Gasteiger charge is 2.19. The molecule has 4 rings (SSSR count). The molecule has 2 aromatic carbocycles. The molecular weight excluding hydrogens is 414 g/mol. The Labute approximate surface area is 180 Å². The Balaban J connectivity index is 1.52. The van der Waals surface area contributed by atoms with Crippen molar-refractivity contribution in [3.8, 4) is 0 Å². The van der Waals surface area contributed by atoms with Gasteiger partial charge in [-0.3, -0.25) is 9.78 Å². The molecule has 1 N–H and O–H groups in total. The Bertz CT molecular complexity index is 1390. The Morgan fingerprint density at radius 2 is 1.90 bits per heavy atom. The first-order chi connectivity index (χ1) is 14.8. The van der Waals surface area contributed by atoms with E-state index in [0.29, 0.717) is 23.4 Å². The van der Waals surface area contributed by atoms with Crippen molar-refractivity contribution in [1.29, 1.82) is 0 Å². The van der Waals surface area contributed by atoms with E-state index in [-0.39, 0.29) is 17.2 Å². The van der Waals surface area contributed by atoms with Crippen molar-refractivity contribution >= 4 is 43.6 Å². The predicted octanol–water partition coefficient (Wildman–Crippen LogP) is 2.94. The van der Waals surface area contributed by atoms with Gasteiger partial charge in [-0.25, -0.2) is 17.7 Å².